The van der Waals surface area contributed by atoms with Crippen LogP contribution in [0.1, 0.15) is 46.5 Å². The molecule has 138 valence electrons. The SMILES string of the molecule is CCS(=O)(=O)N(C)C1CCC(=O)N(C2CCN(C(C)C)CC2)C1=O. The fourth-order valence-corrected chi connectivity index (χ4v) is 4.56. The zero-order chi connectivity index (χ0) is 18.1. The van der Waals surface area contributed by atoms with Crippen LogP contribution in [0.5, 0.6) is 0 Å². The van der Waals surface area contributed by atoms with Crippen molar-refractivity contribution in [3.05, 3.63) is 0 Å². The lowest BCUT2D eigenvalue weighted by Crippen LogP contribution is -2.59. The molecule has 8 heteroatoms. The molecule has 0 aliphatic carbocycles. The van der Waals surface area contributed by atoms with Crippen LogP contribution in [0.4, 0.5) is 0 Å². The van der Waals surface area contributed by atoms with Crippen molar-refractivity contribution in [2.45, 2.75) is 64.6 Å². The van der Waals surface area contributed by atoms with E-state index in [1.807, 2.05) is 0 Å². The van der Waals surface area contributed by atoms with Gasteiger partial charge in [-0.2, -0.15) is 4.31 Å². The van der Waals surface area contributed by atoms with Gasteiger partial charge in [0.15, 0.2) is 0 Å². The fourth-order valence-electron chi connectivity index (χ4n) is 3.57. The summed E-state index contributed by atoms with van der Waals surface area (Å²) in [5, 5.41) is 0. The third-order valence-electron chi connectivity index (χ3n) is 5.26. The van der Waals surface area contributed by atoms with E-state index >= 15 is 0 Å². The summed E-state index contributed by atoms with van der Waals surface area (Å²) in [5.74, 6) is -0.566. The Morgan fingerprint density at radius 1 is 1.17 bits per heavy atom. The third kappa shape index (κ3) is 3.81. The first-order chi connectivity index (χ1) is 11.2. The highest BCUT2D eigenvalue weighted by atomic mass is 32.2. The van der Waals surface area contributed by atoms with Crippen LogP contribution in [0.3, 0.4) is 0 Å². The highest BCUT2D eigenvalue weighted by molar-refractivity contribution is 7.89. The van der Waals surface area contributed by atoms with Crippen LogP contribution in [0.25, 0.3) is 0 Å². The van der Waals surface area contributed by atoms with Gasteiger partial charge in [0.1, 0.15) is 6.04 Å². The van der Waals surface area contributed by atoms with Gasteiger partial charge in [0.05, 0.1) is 5.75 Å². The largest absolute Gasteiger partial charge is 0.301 e. The van der Waals surface area contributed by atoms with Crippen molar-refractivity contribution < 1.29 is 18.0 Å². The zero-order valence-electron chi connectivity index (χ0n) is 15.1. The average molecular weight is 359 g/mol. The van der Waals surface area contributed by atoms with Gasteiger partial charge in [-0.25, -0.2) is 8.42 Å². The number of sulfonamides is 1. The minimum absolute atomic E-state index is 0.0476. The summed E-state index contributed by atoms with van der Waals surface area (Å²) in [6, 6.07) is -0.413. The number of carbonyl (C=O) groups excluding carboxylic acids is 2. The van der Waals surface area contributed by atoms with Crippen molar-refractivity contribution in [3.8, 4) is 0 Å². The van der Waals surface area contributed by atoms with Gasteiger partial charge in [-0.1, -0.05) is 0 Å². The Kier molecular flexibility index (Phi) is 6.04. The molecular weight excluding hydrogens is 330 g/mol. The highest BCUT2D eigenvalue weighted by Crippen LogP contribution is 2.26. The summed E-state index contributed by atoms with van der Waals surface area (Å²) >= 11 is 0. The summed E-state index contributed by atoms with van der Waals surface area (Å²) in [5.41, 5.74) is 0. The van der Waals surface area contributed by atoms with E-state index < -0.39 is 16.1 Å². The topological polar surface area (TPSA) is 78.0 Å². The Balaban J connectivity index is 2.12. The second-order valence-corrected chi connectivity index (χ2v) is 9.25. The Morgan fingerprint density at radius 2 is 1.75 bits per heavy atom. The summed E-state index contributed by atoms with van der Waals surface area (Å²) in [6.45, 7) is 7.54. The van der Waals surface area contributed by atoms with E-state index in [0.29, 0.717) is 6.04 Å². The molecule has 2 aliphatic heterocycles. The van der Waals surface area contributed by atoms with Crippen molar-refractivity contribution in [1.82, 2.24) is 14.1 Å². The monoisotopic (exact) mass is 359 g/mol. The van der Waals surface area contributed by atoms with Crippen LogP contribution in [0.2, 0.25) is 0 Å². The Labute approximate surface area is 145 Å². The lowest BCUT2D eigenvalue weighted by molar-refractivity contribution is -0.155. The smallest absolute Gasteiger partial charge is 0.247 e. The maximum absolute atomic E-state index is 12.8. The number of hydrogen-bond donors (Lipinski definition) is 0. The van der Waals surface area contributed by atoms with Crippen molar-refractivity contribution in [3.63, 3.8) is 0 Å². The van der Waals surface area contributed by atoms with E-state index in [2.05, 4.69) is 18.7 Å². The number of rotatable bonds is 5. The molecule has 2 rings (SSSR count). The maximum atomic E-state index is 12.8. The van der Waals surface area contributed by atoms with Crippen LogP contribution >= 0.6 is 0 Å². The molecule has 0 saturated carbocycles. The first-order valence-corrected chi connectivity index (χ1v) is 10.4. The molecule has 1 unspecified atom stereocenters. The molecule has 1 atom stereocenters. The number of carbonyl (C=O) groups is 2. The van der Waals surface area contributed by atoms with Crippen LogP contribution in [0, 0.1) is 0 Å². The van der Waals surface area contributed by atoms with E-state index in [1.54, 1.807) is 6.92 Å². The summed E-state index contributed by atoms with van der Waals surface area (Å²) in [6.07, 6.45) is 2.01. The van der Waals surface area contributed by atoms with E-state index in [9.17, 15) is 18.0 Å². The van der Waals surface area contributed by atoms with Crippen LogP contribution < -0.4 is 0 Å². The molecule has 2 amide bonds. The van der Waals surface area contributed by atoms with Crippen LogP contribution in [-0.2, 0) is 19.6 Å². The molecule has 2 fully saturated rings. The van der Waals surface area contributed by atoms with Crippen LogP contribution in [0.15, 0.2) is 0 Å². The Bertz CT molecular complexity index is 582. The second kappa shape index (κ2) is 7.49. The number of amides is 2. The fraction of sp³-hybridized carbons (Fsp3) is 0.875. The van der Waals surface area contributed by atoms with Gasteiger partial charge in [0.2, 0.25) is 21.8 Å². The molecule has 0 bridgehead atoms. The van der Waals surface area contributed by atoms with Crippen molar-refractivity contribution >= 4 is 21.8 Å². The zero-order valence-corrected chi connectivity index (χ0v) is 15.9. The first-order valence-electron chi connectivity index (χ1n) is 8.74. The minimum atomic E-state index is -3.46. The van der Waals surface area contributed by atoms with E-state index in [1.165, 1.54) is 11.9 Å². The van der Waals surface area contributed by atoms with Gasteiger partial charge in [-0.05, 0) is 40.0 Å². The molecule has 0 N–H and O–H groups in total. The van der Waals surface area contributed by atoms with Gasteiger partial charge < -0.3 is 4.90 Å². The number of piperidine rings is 2. The highest BCUT2D eigenvalue weighted by Gasteiger charge is 2.43. The van der Waals surface area contributed by atoms with Gasteiger partial charge in [0, 0.05) is 38.6 Å². The maximum Gasteiger partial charge on any atom is 0.247 e. The van der Waals surface area contributed by atoms with Gasteiger partial charge in [0.25, 0.3) is 0 Å². The molecule has 7 nitrogen and oxygen atoms in total. The normalized spacial score (nSPS) is 25.1. The van der Waals surface area contributed by atoms with Gasteiger partial charge in [-0.3, -0.25) is 14.5 Å². The van der Waals surface area contributed by atoms with Crippen LogP contribution in [-0.4, -0.2) is 78.4 Å². The van der Waals surface area contributed by atoms with Crippen molar-refractivity contribution in [2.75, 3.05) is 25.9 Å². The number of nitrogens with zero attached hydrogens (tertiary/aromatic N) is 3. The second-order valence-electron chi connectivity index (χ2n) is 6.93. The Morgan fingerprint density at radius 3 is 2.25 bits per heavy atom. The first kappa shape index (κ1) is 19.3. The number of hydrogen-bond acceptors (Lipinski definition) is 5. The average Bonchev–Trinajstić information content (AvgIpc) is 2.55. The molecule has 0 aromatic carbocycles. The number of likely N-dealkylation sites (N-methyl/N-ethyl adjacent to an activating group) is 1. The molecule has 0 aromatic rings. The predicted molar refractivity (Wildman–Crippen MR) is 91.8 cm³/mol. The molecule has 2 aliphatic rings. The summed E-state index contributed by atoms with van der Waals surface area (Å²) < 4.78 is 25.3. The quantitative estimate of drug-likeness (QED) is 0.674. The van der Waals surface area contributed by atoms with Crippen molar-refractivity contribution in [1.29, 1.82) is 0 Å². The van der Waals surface area contributed by atoms with E-state index in [0.717, 1.165) is 30.2 Å². The van der Waals surface area contributed by atoms with E-state index in [4.69, 9.17) is 0 Å². The molecule has 24 heavy (non-hydrogen) atoms. The van der Waals surface area contributed by atoms with E-state index in [-0.39, 0.29) is 36.5 Å². The molecular formula is C16H29N3O4S. The molecule has 2 saturated heterocycles. The summed E-state index contributed by atoms with van der Waals surface area (Å²) in [7, 11) is -2.01. The lowest BCUT2D eigenvalue weighted by Gasteiger charge is -2.43. The third-order valence-corrected chi connectivity index (χ3v) is 7.12. The molecule has 0 radical (unpaired) electrons. The molecule has 0 spiro atoms. The lowest BCUT2D eigenvalue weighted by atomic mass is 9.96. The molecule has 2 heterocycles. The minimum Gasteiger partial charge on any atom is -0.301 e. The Hall–Kier alpha value is -0.990. The standard InChI is InChI=1S/C16H29N3O4S/c1-5-24(22,23)17(4)14-6-7-15(20)19(16(14)21)13-8-10-18(11-9-13)12(2)3/h12-14H,5-11H2,1-4H3. The number of imide groups is 1. The predicted octanol–water partition coefficient (Wildman–Crippen LogP) is 0.658. The molecule has 0 aromatic heterocycles. The van der Waals surface area contributed by atoms with Gasteiger partial charge >= 0.3 is 0 Å². The van der Waals surface area contributed by atoms with Crippen molar-refractivity contribution in [2.24, 2.45) is 0 Å². The number of likely N-dealkylation sites (tertiary alicyclic amines) is 2. The van der Waals surface area contributed by atoms with Gasteiger partial charge in [-0.15, -0.1) is 0 Å². The summed E-state index contributed by atoms with van der Waals surface area (Å²) in [4.78, 5) is 28.9.